The third-order valence-electron chi connectivity index (χ3n) is 5.73. The van der Waals surface area contributed by atoms with Crippen molar-refractivity contribution in [3.05, 3.63) is 35.1 Å². The summed E-state index contributed by atoms with van der Waals surface area (Å²) in [6.45, 7) is 1.51. The van der Waals surface area contributed by atoms with Gasteiger partial charge in [-0.2, -0.15) is 15.8 Å². The van der Waals surface area contributed by atoms with E-state index < -0.39 is 5.41 Å². The topological polar surface area (TPSA) is 101 Å². The molecule has 0 saturated carbocycles. The van der Waals surface area contributed by atoms with E-state index in [-0.39, 0.29) is 23.5 Å². The lowest BCUT2D eigenvalue weighted by molar-refractivity contribution is 0.120. The zero-order valence-corrected chi connectivity index (χ0v) is 13.9. The summed E-state index contributed by atoms with van der Waals surface area (Å²) in [6, 6.07) is 6.59. The Balaban J connectivity index is 2.22. The highest BCUT2D eigenvalue weighted by Crippen LogP contribution is 2.54. The molecular formula is C19H21N5. The number of rotatable bonds is 1. The van der Waals surface area contributed by atoms with Crippen LogP contribution in [0.1, 0.15) is 19.3 Å². The molecule has 0 radical (unpaired) electrons. The Hall–Kier alpha value is -2.55. The van der Waals surface area contributed by atoms with Crippen LogP contribution in [0, 0.1) is 57.2 Å². The molecule has 3 aliphatic rings. The minimum atomic E-state index is -1.42. The second kappa shape index (κ2) is 6.16. The van der Waals surface area contributed by atoms with Crippen LogP contribution < -0.4 is 5.73 Å². The van der Waals surface area contributed by atoms with Gasteiger partial charge in [0, 0.05) is 24.9 Å². The summed E-state index contributed by atoms with van der Waals surface area (Å²) < 4.78 is 0. The number of hydrogen-bond acceptors (Lipinski definition) is 5. The average Bonchev–Trinajstić information content (AvgIpc) is 2.62. The summed E-state index contributed by atoms with van der Waals surface area (Å²) in [5, 5.41) is 29.5. The summed E-state index contributed by atoms with van der Waals surface area (Å²) in [6.07, 6.45) is 9.12. The Kier molecular flexibility index (Phi) is 4.18. The summed E-state index contributed by atoms with van der Waals surface area (Å²) in [4.78, 5) is 2.18. The number of nitrogens with zero attached hydrogens (tertiary/aromatic N) is 4. The smallest absolute Gasteiger partial charge is 0.187 e. The fourth-order valence-corrected chi connectivity index (χ4v) is 4.59. The molecule has 0 aromatic carbocycles. The molecule has 0 aromatic rings. The van der Waals surface area contributed by atoms with E-state index in [0.717, 1.165) is 37.9 Å². The van der Waals surface area contributed by atoms with Gasteiger partial charge in [0.25, 0.3) is 0 Å². The Morgan fingerprint density at radius 3 is 2.58 bits per heavy atom. The van der Waals surface area contributed by atoms with Gasteiger partial charge in [0.2, 0.25) is 0 Å². The zero-order valence-electron chi connectivity index (χ0n) is 13.9. The first kappa shape index (κ1) is 16.3. The van der Waals surface area contributed by atoms with E-state index in [2.05, 4.69) is 35.3 Å². The van der Waals surface area contributed by atoms with Crippen LogP contribution in [0.25, 0.3) is 0 Å². The monoisotopic (exact) mass is 319 g/mol. The molecule has 2 aliphatic carbocycles. The van der Waals surface area contributed by atoms with Crippen LogP contribution in [-0.4, -0.2) is 25.0 Å². The standard InChI is InChI=1S/C19H21N5/c1-24-8-7-14-15(9-20)18(23)19(11-21,12-22)17(16(14)10-24)13-5-3-2-4-6-13/h2-3,7,13,16-17H,4-6,8,10,23H2,1H3. The number of nitrogens with two attached hydrogens (primary N) is 1. The largest absolute Gasteiger partial charge is 0.399 e. The lowest BCUT2D eigenvalue weighted by atomic mass is 9.55. The lowest BCUT2D eigenvalue weighted by Gasteiger charge is -2.48. The predicted octanol–water partition coefficient (Wildman–Crippen LogP) is 2.23. The molecule has 122 valence electrons. The number of hydrogen-bond donors (Lipinski definition) is 1. The van der Waals surface area contributed by atoms with Gasteiger partial charge in [-0.25, -0.2) is 0 Å². The third-order valence-corrected chi connectivity index (χ3v) is 5.73. The van der Waals surface area contributed by atoms with E-state index in [1.54, 1.807) is 0 Å². The van der Waals surface area contributed by atoms with Crippen molar-refractivity contribution in [3.8, 4) is 18.2 Å². The molecular weight excluding hydrogens is 298 g/mol. The van der Waals surface area contributed by atoms with Gasteiger partial charge in [0.1, 0.15) is 6.07 Å². The first-order chi connectivity index (χ1) is 11.6. The van der Waals surface area contributed by atoms with Gasteiger partial charge in [0.05, 0.1) is 23.4 Å². The van der Waals surface area contributed by atoms with E-state index in [1.165, 1.54) is 0 Å². The van der Waals surface area contributed by atoms with Crippen molar-refractivity contribution in [1.29, 1.82) is 15.8 Å². The van der Waals surface area contributed by atoms with Gasteiger partial charge < -0.3 is 10.6 Å². The summed E-state index contributed by atoms with van der Waals surface area (Å²) in [5.74, 6) is 0.0537. The molecule has 2 N–H and O–H groups in total. The Morgan fingerprint density at radius 1 is 1.25 bits per heavy atom. The van der Waals surface area contributed by atoms with Crippen molar-refractivity contribution < 1.29 is 0 Å². The second-order valence-corrected chi connectivity index (χ2v) is 6.99. The molecule has 5 nitrogen and oxygen atoms in total. The molecule has 24 heavy (non-hydrogen) atoms. The molecule has 0 bridgehead atoms. The van der Waals surface area contributed by atoms with Crippen LogP contribution >= 0.6 is 0 Å². The first-order valence-electron chi connectivity index (χ1n) is 8.35. The third kappa shape index (κ3) is 2.23. The maximum Gasteiger partial charge on any atom is 0.187 e. The number of allylic oxidation sites excluding steroid dienone is 4. The Morgan fingerprint density at radius 2 is 2.00 bits per heavy atom. The van der Waals surface area contributed by atoms with Crippen LogP contribution in [0.5, 0.6) is 0 Å². The maximum absolute atomic E-state index is 9.94. The van der Waals surface area contributed by atoms with Gasteiger partial charge in [-0.15, -0.1) is 0 Å². The SMILES string of the molecule is CN1CC=C2C(C#N)=C(N)C(C#N)(C#N)C(C3CC=CCC3)C2C1. The molecule has 0 fully saturated rings. The molecule has 0 spiro atoms. The Labute approximate surface area is 142 Å². The van der Waals surface area contributed by atoms with E-state index >= 15 is 0 Å². The highest BCUT2D eigenvalue weighted by molar-refractivity contribution is 5.56. The summed E-state index contributed by atoms with van der Waals surface area (Å²) in [7, 11) is 2.03. The minimum absolute atomic E-state index is 0.00139. The summed E-state index contributed by atoms with van der Waals surface area (Å²) in [5.41, 5.74) is 6.29. The molecule has 0 amide bonds. The van der Waals surface area contributed by atoms with Crippen molar-refractivity contribution >= 4 is 0 Å². The quantitative estimate of drug-likeness (QED) is 0.747. The summed E-state index contributed by atoms with van der Waals surface area (Å²) >= 11 is 0. The lowest BCUT2D eigenvalue weighted by Crippen LogP contribution is -2.51. The average molecular weight is 319 g/mol. The van der Waals surface area contributed by atoms with Gasteiger partial charge in [-0.3, -0.25) is 0 Å². The Bertz CT molecular complexity index is 738. The van der Waals surface area contributed by atoms with Crippen molar-refractivity contribution in [2.45, 2.75) is 19.3 Å². The molecule has 3 rings (SSSR count). The fourth-order valence-electron chi connectivity index (χ4n) is 4.59. The number of likely N-dealkylation sites (N-methyl/N-ethyl adjacent to an activating group) is 1. The molecule has 0 aromatic heterocycles. The van der Waals surface area contributed by atoms with E-state index in [0.29, 0.717) is 5.57 Å². The first-order valence-corrected chi connectivity index (χ1v) is 8.35. The number of nitriles is 3. The number of fused-ring (bicyclic) bond motifs is 1. The molecule has 1 aliphatic heterocycles. The van der Waals surface area contributed by atoms with Crippen molar-refractivity contribution in [2.24, 2.45) is 28.9 Å². The van der Waals surface area contributed by atoms with Gasteiger partial charge in [-0.1, -0.05) is 18.2 Å². The van der Waals surface area contributed by atoms with E-state index in [4.69, 9.17) is 5.73 Å². The van der Waals surface area contributed by atoms with Crippen LogP contribution in [0.3, 0.4) is 0 Å². The van der Waals surface area contributed by atoms with Crippen molar-refractivity contribution in [2.75, 3.05) is 20.1 Å². The van der Waals surface area contributed by atoms with Gasteiger partial charge in [0.15, 0.2) is 5.41 Å². The predicted molar refractivity (Wildman–Crippen MR) is 89.5 cm³/mol. The van der Waals surface area contributed by atoms with Crippen LogP contribution in [0.4, 0.5) is 0 Å². The van der Waals surface area contributed by atoms with Crippen LogP contribution in [-0.2, 0) is 0 Å². The van der Waals surface area contributed by atoms with Crippen LogP contribution in [0.15, 0.2) is 35.1 Å². The highest BCUT2D eigenvalue weighted by Gasteiger charge is 2.55. The second-order valence-electron chi connectivity index (χ2n) is 6.99. The molecule has 5 heteroatoms. The normalized spacial score (nSPS) is 32.1. The molecule has 0 saturated heterocycles. The molecule has 3 atom stereocenters. The van der Waals surface area contributed by atoms with Crippen LogP contribution in [0.2, 0.25) is 0 Å². The van der Waals surface area contributed by atoms with E-state index in [1.807, 2.05) is 13.1 Å². The zero-order chi connectivity index (χ0) is 17.3. The fraction of sp³-hybridized carbons (Fsp3) is 0.526. The van der Waals surface area contributed by atoms with E-state index in [9.17, 15) is 15.8 Å². The van der Waals surface area contributed by atoms with Gasteiger partial charge >= 0.3 is 0 Å². The van der Waals surface area contributed by atoms with Crippen molar-refractivity contribution in [1.82, 2.24) is 4.90 Å². The van der Waals surface area contributed by atoms with Crippen molar-refractivity contribution in [3.63, 3.8) is 0 Å². The highest BCUT2D eigenvalue weighted by atomic mass is 15.1. The van der Waals surface area contributed by atoms with Gasteiger partial charge in [-0.05, 0) is 37.8 Å². The minimum Gasteiger partial charge on any atom is -0.399 e. The maximum atomic E-state index is 9.94. The molecule has 1 heterocycles. The molecule has 3 unspecified atom stereocenters.